The average Bonchev–Trinajstić information content (AvgIpc) is 3.04. The Labute approximate surface area is 174 Å². The largest absolute Gasteiger partial charge is 0.507 e. The van der Waals surface area contributed by atoms with E-state index < -0.39 is 17.7 Å². The number of nitrogens with zero attached hydrogens (tertiary/aromatic N) is 1. The van der Waals surface area contributed by atoms with Gasteiger partial charge < -0.3 is 9.84 Å². The minimum absolute atomic E-state index is 0.0675. The number of hydrogen-bond donors (Lipinski definition) is 1. The highest BCUT2D eigenvalue weighted by atomic mass is 16.5. The first-order valence-electron chi connectivity index (χ1n) is 9.58. The smallest absolute Gasteiger partial charge is 0.300 e. The van der Waals surface area contributed by atoms with E-state index in [4.69, 9.17) is 4.74 Å². The van der Waals surface area contributed by atoms with Gasteiger partial charge in [0, 0.05) is 11.3 Å². The quantitative estimate of drug-likeness (QED) is 0.395. The van der Waals surface area contributed by atoms with Crippen LogP contribution >= 0.6 is 0 Å². The first kappa shape index (κ1) is 19.5. The van der Waals surface area contributed by atoms with E-state index in [0.717, 1.165) is 5.56 Å². The number of carbonyl (C=O) groups is 2. The van der Waals surface area contributed by atoms with E-state index in [0.29, 0.717) is 22.6 Å². The minimum atomic E-state index is -0.752. The molecule has 1 aliphatic heterocycles. The molecule has 1 fully saturated rings. The molecule has 5 nitrogen and oxygen atoms in total. The molecule has 4 rings (SSSR count). The Balaban J connectivity index is 1.94. The molecule has 1 saturated heterocycles. The van der Waals surface area contributed by atoms with Crippen LogP contribution in [0.15, 0.2) is 84.4 Å². The molecule has 1 atom stereocenters. The summed E-state index contributed by atoms with van der Waals surface area (Å²) in [5.41, 5.74) is 2.82. The molecule has 1 unspecified atom stereocenters. The fraction of sp³-hybridized carbons (Fsp3) is 0.120. The van der Waals surface area contributed by atoms with Gasteiger partial charge >= 0.3 is 0 Å². The van der Waals surface area contributed by atoms with E-state index in [9.17, 15) is 14.7 Å². The third kappa shape index (κ3) is 3.35. The van der Waals surface area contributed by atoms with E-state index >= 15 is 0 Å². The molecule has 30 heavy (non-hydrogen) atoms. The fourth-order valence-corrected chi connectivity index (χ4v) is 3.73. The second-order valence-electron chi connectivity index (χ2n) is 7.15. The lowest BCUT2D eigenvalue weighted by atomic mass is 9.95. The van der Waals surface area contributed by atoms with Gasteiger partial charge in [0.1, 0.15) is 11.5 Å². The molecule has 3 aromatic carbocycles. The lowest BCUT2D eigenvalue weighted by molar-refractivity contribution is -0.132. The van der Waals surface area contributed by atoms with Gasteiger partial charge in [-0.15, -0.1) is 0 Å². The molecule has 0 radical (unpaired) electrons. The van der Waals surface area contributed by atoms with Crippen LogP contribution in [0.4, 0.5) is 5.69 Å². The lowest BCUT2D eigenvalue weighted by Crippen LogP contribution is -2.29. The molecule has 1 N–H and O–H groups in total. The first-order chi connectivity index (χ1) is 14.5. The van der Waals surface area contributed by atoms with Crippen molar-refractivity contribution in [2.45, 2.75) is 13.0 Å². The maximum atomic E-state index is 13.1. The second-order valence-corrected chi connectivity index (χ2v) is 7.15. The van der Waals surface area contributed by atoms with Crippen LogP contribution < -0.4 is 9.64 Å². The van der Waals surface area contributed by atoms with Gasteiger partial charge in [-0.05, 0) is 42.3 Å². The molecular formula is C25H21NO4. The molecule has 3 aromatic rings. The van der Waals surface area contributed by atoms with Crippen LogP contribution in [0, 0.1) is 6.92 Å². The van der Waals surface area contributed by atoms with Gasteiger partial charge in [-0.3, -0.25) is 14.5 Å². The predicted octanol–water partition coefficient (Wildman–Crippen LogP) is 4.63. The van der Waals surface area contributed by atoms with Crippen LogP contribution in [0.2, 0.25) is 0 Å². The fourth-order valence-electron chi connectivity index (χ4n) is 3.73. The number of amides is 1. The highest BCUT2D eigenvalue weighted by Crippen LogP contribution is 2.42. The second kappa shape index (κ2) is 7.87. The van der Waals surface area contributed by atoms with Gasteiger partial charge in [-0.2, -0.15) is 0 Å². The Morgan fingerprint density at radius 2 is 1.63 bits per heavy atom. The number of ether oxygens (including phenoxy) is 1. The number of methoxy groups -OCH3 is 1. The van der Waals surface area contributed by atoms with Gasteiger partial charge in [0.25, 0.3) is 11.7 Å². The summed E-state index contributed by atoms with van der Waals surface area (Å²) < 4.78 is 5.24. The van der Waals surface area contributed by atoms with Crippen molar-refractivity contribution >= 4 is 23.1 Å². The SMILES string of the molecule is COc1ccc(C2/C(=C(/O)c3ccccc3)C(=O)C(=O)N2c2cccc(C)c2)cc1. The summed E-state index contributed by atoms with van der Waals surface area (Å²) in [6.07, 6.45) is 0. The van der Waals surface area contributed by atoms with Crippen LogP contribution in [0.1, 0.15) is 22.7 Å². The molecule has 1 aliphatic rings. The molecule has 0 aliphatic carbocycles. The molecule has 0 aromatic heterocycles. The van der Waals surface area contributed by atoms with Crippen molar-refractivity contribution < 1.29 is 19.4 Å². The van der Waals surface area contributed by atoms with Gasteiger partial charge in [-0.25, -0.2) is 0 Å². The normalized spacial score (nSPS) is 17.9. The highest BCUT2D eigenvalue weighted by Gasteiger charge is 2.46. The summed E-state index contributed by atoms with van der Waals surface area (Å²) in [5, 5.41) is 11.0. The number of benzene rings is 3. The Kier molecular flexibility index (Phi) is 5.11. The maximum absolute atomic E-state index is 13.1. The molecule has 0 bridgehead atoms. The van der Waals surface area contributed by atoms with Crippen molar-refractivity contribution in [3.8, 4) is 5.75 Å². The van der Waals surface area contributed by atoms with Crippen molar-refractivity contribution in [3.63, 3.8) is 0 Å². The highest BCUT2D eigenvalue weighted by molar-refractivity contribution is 6.51. The molecule has 5 heteroatoms. The number of anilines is 1. The van der Waals surface area contributed by atoms with Gasteiger partial charge in [0.15, 0.2) is 0 Å². The van der Waals surface area contributed by atoms with Crippen molar-refractivity contribution in [1.82, 2.24) is 0 Å². The zero-order chi connectivity index (χ0) is 21.3. The number of aryl methyl sites for hydroxylation is 1. The topological polar surface area (TPSA) is 66.8 Å². The van der Waals surface area contributed by atoms with E-state index in [1.807, 2.05) is 31.2 Å². The van der Waals surface area contributed by atoms with Gasteiger partial charge in [0.05, 0.1) is 18.7 Å². The molecule has 0 saturated carbocycles. The van der Waals surface area contributed by atoms with E-state index in [1.54, 1.807) is 61.7 Å². The van der Waals surface area contributed by atoms with Crippen molar-refractivity contribution in [1.29, 1.82) is 0 Å². The standard InChI is InChI=1S/C25H21NO4/c1-16-7-6-10-19(15-16)26-22(17-11-13-20(30-2)14-12-17)21(24(28)25(26)29)23(27)18-8-4-3-5-9-18/h3-15,22,27H,1-2H3/b23-21-. The number of aliphatic hydroxyl groups excluding tert-OH is 1. The van der Waals surface area contributed by atoms with Crippen molar-refractivity contribution in [2.24, 2.45) is 0 Å². The summed E-state index contributed by atoms with van der Waals surface area (Å²) in [5.74, 6) is -0.906. The van der Waals surface area contributed by atoms with Crippen LogP contribution in [-0.4, -0.2) is 23.9 Å². The van der Waals surface area contributed by atoms with Gasteiger partial charge in [-0.1, -0.05) is 54.6 Å². The first-order valence-corrected chi connectivity index (χ1v) is 9.58. The predicted molar refractivity (Wildman–Crippen MR) is 115 cm³/mol. The Morgan fingerprint density at radius 3 is 2.27 bits per heavy atom. The summed E-state index contributed by atoms with van der Waals surface area (Å²) in [7, 11) is 1.57. The lowest BCUT2D eigenvalue weighted by Gasteiger charge is -2.26. The van der Waals surface area contributed by atoms with Crippen molar-refractivity contribution in [2.75, 3.05) is 12.0 Å². The van der Waals surface area contributed by atoms with Crippen molar-refractivity contribution in [3.05, 3.63) is 101 Å². The third-order valence-corrected chi connectivity index (χ3v) is 5.20. The van der Waals surface area contributed by atoms with Crippen LogP contribution in [0.5, 0.6) is 5.75 Å². The van der Waals surface area contributed by atoms with E-state index in [1.165, 1.54) is 4.90 Å². The number of hydrogen-bond acceptors (Lipinski definition) is 4. The zero-order valence-corrected chi connectivity index (χ0v) is 16.7. The molecule has 0 spiro atoms. The average molecular weight is 399 g/mol. The number of carbonyl (C=O) groups excluding carboxylic acids is 2. The number of rotatable bonds is 4. The zero-order valence-electron chi connectivity index (χ0n) is 16.7. The van der Waals surface area contributed by atoms with Crippen LogP contribution in [0.25, 0.3) is 5.76 Å². The number of Topliss-reactive ketones (excluding diaryl/α,β-unsaturated/α-hetero) is 1. The number of ketones is 1. The molecule has 1 amide bonds. The summed E-state index contributed by atoms with van der Waals surface area (Å²) >= 11 is 0. The Hall–Kier alpha value is -3.86. The maximum Gasteiger partial charge on any atom is 0.300 e. The van der Waals surface area contributed by atoms with Crippen LogP contribution in [0.3, 0.4) is 0 Å². The summed E-state index contributed by atoms with van der Waals surface area (Å²) in [4.78, 5) is 27.6. The molecule has 1 heterocycles. The minimum Gasteiger partial charge on any atom is -0.507 e. The molecule has 150 valence electrons. The van der Waals surface area contributed by atoms with E-state index in [-0.39, 0.29) is 11.3 Å². The number of aliphatic hydroxyl groups is 1. The summed E-state index contributed by atoms with van der Waals surface area (Å²) in [6, 6.07) is 22.6. The van der Waals surface area contributed by atoms with Gasteiger partial charge in [0.2, 0.25) is 0 Å². The Morgan fingerprint density at radius 1 is 0.933 bits per heavy atom. The Bertz CT molecular complexity index is 1130. The third-order valence-electron chi connectivity index (χ3n) is 5.20. The molecular weight excluding hydrogens is 378 g/mol. The van der Waals surface area contributed by atoms with Crippen LogP contribution in [-0.2, 0) is 9.59 Å². The van der Waals surface area contributed by atoms with E-state index in [2.05, 4.69) is 0 Å². The monoisotopic (exact) mass is 399 g/mol. The summed E-state index contributed by atoms with van der Waals surface area (Å²) in [6.45, 7) is 1.92.